The normalized spacial score (nSPS) is 17.3. The Kier molecular flexibility index (Phi) is 6.25. The lowest BCUT2D eigenvalue weighted by Gasteiger charge is -2.17. The third-order valence-electron chi connectivity index (χ3n) is 7.21. The summed E-state index contributed by atoms with van der Waals surface area (Å²) >= 11 is 3.51. The zero-order chi connectivity index (χ0) is 22.9. The lowest BCUT2D eigenvalue weighted by molar-refractivity contribution is 0.796. The van der Waals surface area contributed by atoms with Crippen LogP contribution in [0.15, 0.2) is 77.4 Å². The summed E-state index contributed by atoms with van der Waals surface area (Å²) in [5.74, 6) is 0.550. The standard InChI is InChI=1S/C21H20.C11H11Br/c1-14-10-16-7-5-8-18(21(16)11-14)13-20-15(2)12-17-6-3-4-9-19(17)20;1-8-5-9-3-2-4-10(7-12)11(9)6-8/h3-10,12,20H,11,13H2,1-2H3;2-5H,6-7H2,1H3. The molecule has 0 fully saturated rings. The van der Waals surface area contributed by atoms with Crippen LogP contribution in [-0.2, 0) is 24.6 Å². The van der Waals surface area contributed by atoms with E-state index in [0.29, 0.717) is 5.92 Å². The summed E-state index contributed by atoms with van der Waals surface area (Å²) in [4.78, 5) is 0. The van der Waals surface area contributed by atoms with Gasteiger partial charge in [0.25, 0.3) is 0 Å². The van der Waals surface area contributed by atoms with Gasteiger partial charge in [-0.2, -0.15) is 0 Å². The predicted octanol–water partition coefficient (Wildman–Crippen LogP) is 8.93. The first kappa shape index (κ1) is 22.2. The molecule has 0 radical (unpaired) electrons. The Morgan fingerprint density at radius 3 is 1.91 bits per heavy atom. The van der Waals surface area contributed by atoms with E-state index in [4.69, 9.17) is 0 Å². The second-order valence-corrected chi connectivity index (χ2v) is 10.3. The molecule has 0 spiro atoms. The van der Waals surface area contributed by atoms with E-state index in [1.165, 1.54) is 55.7 Å². The highest BCUT2D eigenvalue weighted by Gasteiger charge is 2.24. The summed E-state index contributed by atoms with van der Waals surface area (Å²) in [7, 11) is 0. The Bertz CT molecular complexity index is 1300. The van der Waals surface area contributed by atoms with Gasteiger partial charge in [0, 0.05) is 11.2 Å². The monoisotopic (exact) mass is 494 g/mol. The molecule has 0 nitrogen and oxygen atoms in total. The van der Waals surface area contributed by atoms with E-state index in [0.717, 1.165) is 24.6 Å². The van der Waals surface area contributed by atoms with Crippen LogP contribution in [-0.4, -0.2) is 0 Å². The topological polar surface area (TPSA) is 0 Å². The molecule has 3 aliphatic rings. The van der Waals surface area contributed by atoms with Gasteiger partial charge in [0.15, 0.2) is 0 Å². The smallest absolute Gasteiger partial charge is 0.0286 e. The molecule has 0 saturated carbocycles. The van der Waals surface area contributed by atoms with Crippen LogP contribution in [0.4, 0.5) is 0 Å². The van der Waals surface area contributed by atoms with E-state index >= 15 is 0 Å². The number of hydrogen-bond acceptors (Lipinski definition) is 0. The van der Waals surface area contributed by atoms with Crippen molar-refractivity contribution in [2.45, 2.75) is 51.3 Å². The van der Waals surface area contributed by atoms with Crippen LogP contribution in [0.3, 0.4) is 0 Å². The van der Waals surface area contributed by atoms with E-state index in [9.17, 15) is 0 Å². The molecule has 0 bridgehead atoms. The van der Waals surface area contributed by atoms with Crippen molar-refractivity contribution in [1.29, 1.82) is 0 Å². The van der Waals surface area contributed by atoms with E-state index in [-0.39, 0.29) is 0 Å². The molecular formula is C32H31Br. The van der Waals surface area contributed by atoms with Crippen molar-refractivity contribution in [1.82, 2.24) is 0 Å². The molecule has 0 heterocycles. The molecule has 0 saturated heterocycles. The van der Waals surface area contributed by atoms with Crippen LogP contribution in [0.5, 0.6) is 0 Å². The maximum Gasteiger partial charge on any atom is 0.0286 e. The average molecular weight is 496 g/mol. The summed E-state index contributed by atoms with van der Waals surface area (Å²) in [6, 6.07) is 22.1. The summed E-state index contributed by atoms with van der Waals surface area (Å²) in [5.41, 5.74) is 16.2. The molecule has 1 unspecified atom stereocenters. The fourth-order valence-electron chi connectivity index (χ4n) is 5.56. The number of alkyl halides is 1. The second kappa shape index (κ2) is 9.31. The van der Waals surface area contributed by atoms with Crippen molar-refractivity contribution in [3.8, 4) is 0 Å². The van der Waals surface area contributed by atoms with E-state index in [2.05, 4.69) is 116 Å². The average Bonchev–Trinajstić information content (AvgIpc) is 3.47. The van der Waals surface area contributed by atoms with Crippen LogP contribution in [0.25, 0.3) is 18.2 Å². The minimum Gasteiger partial charge on any atom is -0.0876 e. The molecule has 6 rings (SSSR count). The molecule has 0 aliphatic heterocycles. The zero-order valence-corrected chi connectivity index (χ0v) is 21.4. The van der Waals surface area contributed by atoms with Gasteiger partial charge in [-0.3, -0.25) is 0 Å². The summed E-state index contributed by atoms with van der Waals surface area (Å²) in [6.07, 6.45) is 10.4. The van der Waals surface area contributed by atoms with Crippen LogP contribution in [0, 0.1) is 0 Å². The van der Waals surface area contributed by atoms with Crippen LogP contribution in [0.2, 0.25) is 0 Å². The van der Waals surface area contributed by atoms with Crippen molar-refractivity contribution >= 4 is 34.2 Å². The predicted molar refractivity (Wildman–Crippen MR) is 147 cm³/mol. The van der Waals surface area contributed by atoms with E-state index in [1.54, 1.807) is 5.56 Å². The fraction of sp³-hybridized carbons (Fsp3) is 0.250. The van der Waals surface area contributed by atoms with E-state index < -0.39 is 0 Å². The lowest BCUT2D eigenvalue weighted by atomic mass is 9.87. The Hall–Kier alpha value is -2.64. The van der Waals surface area contributed by atoms with Gasteiger partial charge in [0.1, 0.15) is 0 Å². The molecule has 166 valence electrons. The molecule has 0 N–H and O–H groups in total. The third-order valence-corrected chi connectivity index (χ3v) is 7.81. The molecule has 3 aliphatic carbocycles. The molecule has 33 heavy (non-hydrogen) atoms. The molecular weight excluding hydrogens is 464 g/mol. The van der Waals surface area contributed by atoms with Crippen molar-refractivity contribution < 1.29 is 0 Å². The minimum atomic E-state index is 0.550. The van der Waals surface area contributed by atoms with Crippen LogP contribution >= 0.6 is 15.9 Å². The fourth-order valence-corrected chi connectivity index (χ4v) is 6.08. The van der Waals surface area contributed by atoms with Crippen molar-refractivity contribution in [2.24, 2.45) is 0 Å². The number of benzene rings is 3. The first-order valence-corrected chi connectivity index (χ1v) is 13.0. The van der Waals surface area contributed by atoms with Gasteiger partial charge in [0.05, 0.1) is 0 Å². The molecule has 1 heteroatoms. The Morgan fingerprint density at radius 2 is 1.24 bits per heavy atom. The minimum absolute atomic E-state index is 0.550. The first-order valence-electron chi connectivity index (χ1n) is 11.9. The number of fused-ring (bicyclic) bond motifs is 3. The van der Waals surface area contributed by atoms with Crippen LogP contribution in [0.1, 0.15) is 71.2 Å². The van der Waals surface area contributed by atoms with Crippen LogP contribution < -0.4 is 0 Å². The Labute approximate surface area is 206 Å². The number of hydrogen-bond donors (Lipinski definition) is 0. The number of halogens is 1. The first-order chi connectivity index (χ1) is 16.0. The van der Waals surface area contributed by atoms with Crippen molar-refractivity contribution in [2.75, 3.05) is 0 Å². The molecule has 3 aromatic carbocycles. The third kappa shape index (κ3) is 4.44. The van der Waals surface area contributed by atoms with Gasteiger partial charge < -0.3 is 0 Å². The van der Waals surface area contributed by atoms with Crippen molar-refractivity contribution in [3.63, 3.8) is 0 Å². The lowest BCUT2D eigenvalue weighted by Crippen LogP contribution is -2.04. The summed E-state index contributed by atoms with van der Waals surface area (Å²) in [5, 5.41) is 0.970. The molecule has 0 aromatic heterocycles. The van der Waals surface area contributed by atoms with Gasteiger partial charge in [-0.15, -0.1) is 0 Å². The summed E-state index contributed by atoms with van der Waals surface area (Å²) < 4.78 is 0. The van der Waals surface area contributed by atoms with Gasteiger partial charge >= 0.3 is 0 Å². The SMILES string of the molecule is CC1=Cc2cccc(CBr)c2C1.CC1=Cc2cccc(CC3C(C)=Cc4ccccc43)c2C1. The molecule has 0 amide bonds. The number of rotatable bonds is 3. The number of allylic oxidation sites excluding steroid dienone is 3. The highest BCUT2D eigenvalue weighted by molar-refractivity contribution is 9.08. The van der Waals surface area contributed by atoms with Crippen molar-refractivity contribution in [3.05, 3.63) is 122 Å². The Morgan fingerprint density at radius 1 is 0.667 bits per heavy atom. The van der Waals surface area contributed by atoms with Gasteiger partial charge in [0.2, 0.25) is 0 Å². The van der Waals surface area contributed by atoms with Gasteiger partial charge in [-0.25, -0.2) is 0 Å². The molecule has 1 atom stereocenters. The van der Waals surface area contributed by atoms with Gasteiger partial charge in [-0.05, 0) is 84.5 Å². The van der Waals surface area contributed by atoms with E-state index in [1.807, 2.05) is 0 Å². The maximum absolute atomic E-state index is 3.51. The zero-order valence-electron chi connectivity index (χ0n) is 19.8. The Balaban J connectivity index is 0.000000162. The molecule has 3 aromatic rings. The quantitative estimate of drug-likeness (QED) is 0.318. The largest absolute Gasteiger partial charge is 0.0876 e. The highest BCUT2D eigenvalue weighted by atomic mass is 79.9. The highest BCUT2D eigenvalue weighted by Crippen LogP contribution is 2.40. The maximum atomic E-state index is 3.51. The second-order valence-electron chi connectivity index (χ2n) is 9.71. The summed E-state index contributed by atoms with van der Waals surface area (Å²) in [6.45, 7) is 6.70. The van der Waals surface area contributed by atoms with Gasteiger partial charge in [-0.1, -0.05) is 112 Å².